The van der Waals surface area contributed by atoms with E-state index in [1.165, 1.54) is 28.7 Å². The molecule has 0 N–H and O–H groups in total. The quantitative estimate of drug-likeness (QED) is 0.333. The van der Waals surface area contributed by atoms with Gasteiger partial charge in [-0.3, -0.25) is 9.36 Å². The molecule has 0 aliphatic carbocycles. The van der Waals surface area contributed by atoms with E-state index in [1.807, 2.05) is 35.1 Å². The fourth-order valence-corrected chi connectivity index (χ4v) is 4.79. The van der Waals surface area contributed by atoms with Gasteiger partial charge in [-0.15, -0.1) is 31.7 Å². The highest BCUT2D eigenvalue weighted by molar-refractivity contribution is 7.99. The number of hydrogen-bond acceptors (Lipinski definition) is 8. The summed E-state index contributed by atoms with van der Waals surface area (Å²) in [6.45, 7) is 7.05. The van der Waals surface area contributed by atoms with Crippen LogP contribution in [0.15, 0.2) is 51.6 Å². The lowest BCUT2D eigenvalue weighted by Gasteiger charge is -2.20. The third-order valence-electron chi connectivity index (χ3n) is 4.82. The standard InChI is InChI=1S/C22H24N6O2S2/c1-4-9-27(12-19-24-25-21(30-19)18-6-5-10-31-18)20(29)13-32-22-26-23-14-28(22)17-8-7-15(2)11-16(17)3/h5-8,10-11,14H,4,9,12-13H2,1-3H3. The first-order chi connectivity index (χ1) is 15.5. The Morgan fingerprint density at radius 2 is 2.09 bits per heavy atom. The zero-order chi connectivity index (χ0) is 22.5. The lowest BCUT2D eigenvalue weighted by Crippen LogP contribution is -2.32. The number of thioether (sulfide) groups is 1. The van der Waals surface area contributed by atoms with E-state index in [4.69, 9.17) is 4.42 Å². The summed E-state index contributed by atoms with van der Waals surface area (Å²) in [7, 11) is 0. The Bertz CT molecular complexity index is 1180. The monoisotopic (exact) mass is 468 g/mol. The summed E-state index contributed by atoms with van der Waals surface area (Å²) in [6.07, 6.45) is 2.51. The van der Waals surface area contributed by atoms with Crippen molar-refractivity contribution in [2.24, 2.45) is 0 Å². The Morgan fingerprint density at radius 1 is 1.22 bits per heavy atom. The number of hydrogen-bond donors (Lipinski definition) is 0. The van der Waals surface area contributed by atoms with Crippen molar-refractivity contribution in [3.05, 3.63) is 59.1 Å². The summed E-state index contributed by atoms with van der Waals surface area (Å²) in [5.74, 6) is 1.14. The summed E-state index contributed by atoms with van der Waals surface area (Å²) >= 11 is 2.91. The molecule has 0 bridgehead atoms. The molecule has 0 unspecified atom stereocenters. The average Bonchev–Trinajstić information content (AvgIpc) is 3.53. The lowest BCUT2D eigenvalue weighted by molar-refractivity contribution is -0.129. The van der Waals surface area contributed by atoms with Crippen molar-refractivity contribution in [2.45, 2.75) is 38.9 Å². The van der Waals surface area contributed by atoms with Crippen LogP contribution in [-0.4, -0.2) is 48.1 Å². The number of nitrogens with zero attached hydrogens (tertiary/aromatic N) is 6. The topological polar surface area (TPSA) is 89.9 Å². The number of rotatable bonds is 9. The van der Waals surface area contributed by atoms with Gasteiger partial charge in [-0.1, -0.05) is 42.4 Å². The first kappa shape index (κ1) is 22.2. The van der Waals surface area contributed by atoms with E-state index in [9.17, 15) is 4.79 Å². The van der Waals surface area contributed by atoms with E-state index in [2.05, 4.69) is 46.4 Å². The van der Waals surface area contributed by atoms with Gasteiger partial charge in [0.1, 0.15) is 6.33 Å². The molecular formula is C22H24N6O2S2. The lowest BCUT2D eigenvalue weighted by atomic mass is 10.1. The second kappa shape index (κ2) is 10.1. The summed E-state index contributed by atoms with van der Waals surface area (Å²) in [6, 6.07) is 10.1. The van der Waals surface area contributed by atoms with Crippen molar-refractivity contribution in [1.29, 1.82) is 0 Å². The fraction of sp³-hybridized carbons (Fsp3) is 0.318. The number of carbonyl (C=O) groups is 1. The summed E-state index contributed by atoms with van der Waals surface area (Å²) in [5, 5.41) is 19.1. The molecule has 1 aromatic carbocycles. The molecule has 3 aromatic heterocycles. The van der Waals surface area contributed by atoms with Gasteiger partial charge in [-0.2, -0.15) is 0 Å². The predicted molar refractivity (Wildman–Crippen MR) is 125 cm³/mol. The summed E-state index contributed by atoms with van der Waals surface area (Å²) in [4.78, 5) is 15.6. The van der Waals surface area contributed by atoms with Gasteiger partial charge in [-0.25, -0.2) is 0 Å². The molecule has 8 nitrogen and oxygen atoms in total. The minimum absolute atomic E-state index is 0.0112. The van der Waals surface area contributed by atoms with Crippen molar-refractivity contribution >= 4 is 29.0 Å². The van der Waals surface area contributed by atoms with Crippen LogP contribution in [0.2, 0.25) is 0 Å². The molecule has 32 heavy (non-hydrogen) atoms. The molecule has 0 atom stereocenters. The van der Waals surface area contributed by atoms with E-state index in [0.29, 0.717) is 23.5 Å². The molecule has 4 rings (SSSR count). The van der Waals surface area contributed by atoms with Crippen LogP contribution < -0.4 is 0 Å². The fourth-order valence-electron chi connectivity index (χ4n) is 3.32. The molecular weight excluding hydrogens is 444 g/mol. The van der Waals surface area contributed by atoms with Gasteiger partial charge >= 0.3 is 0 Å². The van der Waals surface area contributed by atoms with E-state index in [1.54, 1.807) is 11.2 Å². The first-order valence-electron chi connectivity index (χ1n) is 10.3. The van der Waals surface area contributed by atoms with Gasteiger partial charge in [0.05, 0.1) is 22.9 Å². The summed E-state index contributed by atoms with van der Waals surface area (Å²) < 4.78 is 7.69. The van der Waals surface area contributed by atoms with Crippen LogP contribution in [0.5, 0.6) is 0 Å². The van der Waals surface area contributed by atoms with Crippen LogP contribution in [0.25, 0.3) is 16.5 Å². The molecule has 4 aromatic rings. The maximum atomic E-state index is 13.0. The second-order valence-corrected chi connectivity index (χ2v) is 9.25. The van der Waals surface area contributed by atoms with E-state index < -0.39 is 0 Å². The Labute approximate surface area is 194 Å². The number of aromatic nitrogens is 5. The van der Waals surface area contributed by atoms with Gasteiger partial charge in [0.2, 0.25) is 11.8 Å². The molecule has 0 spiro atoms. The van der Waals surface area contributed by atoms with Crippen LogP contribution in [0.1, 0.15) is 30.4 Å². The van der Waals surface area contributed by atoms with Gasteiger partial charge < -0.3 is 9.32 Å². The normalized spacial score (nSPS) is 11.1. The maximum absolute atomic E-state index is 13.0. The third kappa shape index (κ3) is 5.08. The highest BCUT2D eigenvalue weighted by atomic mass is 32.2. The van der Waals surface area contributed by atoms with Crippen LogP contribution in [0.3, 0.4) is 0 Å². The Morgan fingerprint density at radius 3 is 2.84 bits per heavy atom. The van der Waals surface area contributed by atoms with Crippen LogP contribution >= 0.6 is 23.1 Å². The highest BCUT2D eigenvalue weighted by Gasteiger charge is 2.19. The molecule has 10 heteroatoms. The number of thiophene rings is 1. The molecule has 0 saturated heterocycles. The molecule has 0 aliphatic heterocycles. The molecule has 166 valence electrons. The van der Waals surface area contributed by atoms with Gasteiger partial charge in [0, 0.05) is 6.54 Å². The third-order valence-corrected chi connectivity index (χ3v) is 6.61. The SMILES string of the molecule is CCCN(Cc1nnc(-c2cccs2)o1)C(=O)CSc1nncn1-c1ccc(C)cc1C. The average molecular weight is 469 g/mol. The molecule has 0 radical (unpaired) electrons. The minimum atomic E-state index is -0.0112. The smallest absolute Gasteiger partial charge is 0.257 e. The van der Waals surface area contributed by atoms with Crippen molar-refractivity contribution in [2.75, 3.05) is 12.3 Å². The number of carbonyl (C=O) groups excluding carboxylic acids is 1. The van der Waals surface area contributed by atoms with E-state index in [-0.39, 0.29) is 18.2 Å². The van der Waals surface area contributed by atoms with Crippen molar-refractivity contribution < 1.29 is 9.21 Å². The number of amides is 1. The van der Waals surface area contributed by atoms with Crippen LogP contribution in [0, 0.1) is 13.8 Å². The predicted octanol–water partition coefficient (Wildman–Crippen LogP) is 4.53. The first-order valence-corrected chi connectivity index (χ1v) is 12.2. The molecule has 0 fully saturated rings. The largest absolute Gasteiger partial charge is 0.418 e. The van der Waals surface area contributed by atoms with Gasteiger partial charge in [0.25, 0.3) is 5.89 Å². The second-order valence-electron chi connectivity index (χ2n) is 7.36. The minimum Gasteiger partial charge on any atom is -0.418 e. The maximum Gasteiger partial charge on any atom is 0.257 e. The van der Waals surface area contributed by atoms with Gasteiger partial charge in [-0.05, 0) is 43.3 Å². The number of aryl methyl sites for hydroxylation is 2. The van der Waals surface area contributed by atoms with E-state index in [0.717, 1.165) is 22.5 Å². The highest BCUT2D eigenvalue weighted by Crippen LogP contribution is 2.25. The Balaban J connectivity index is 1.43. The van der Waals surface area contributed by atoms with Gasteiger partial charge in [0.15, 0.2) is 5.16 Å². The number of benzene rings is 1. The zero-order valence-corrected chi connectivity index (χ0v) is 19.8. The molecule has 0 saturated carbocycles. The van der Waals surface area contributed by atoms with Crippen molar-refractivity contribution in [3.63, 3.8) is 0 Å². The summed E-state index contributed by atoms with van der Waals surface area (Å²) in [5.41, 5.74) is 3.33. The molecule has 3 heterocycles. The van der Waals surface area contributed by atoms with Crippen molar-refractivity contribution in [1.82, 2.24) is 29.9 Å². The Hall–Kier alpha value is -2.98. The van der Waals surface area contributed by atoms with E-state index >= 15 is 0 Å². The molecule has 0 aliphatic rings. The van der Waals surface area contributed by atoms with Crippen LogP contribution in [-0.2, 0) is 11.3 Å². The zero-order valence-electron chi connectivity index (χ0n) is 18.2. The molecule has 1 amide bonds. The Kier molecular flexibility index (Phi) is 7.01. The van der Waals surface area contributed by atoms with Crippen LogP contribution in [0.4, 0.5) is 0 Å². The van der Waals surface area contributed by atoms with Crippen molar-refractivity contribution in [3.8, 4) is 16.5 Å².